The molecule has 1 aromatic heterocycles. The van der Waals surface area contributed by atoms with Crippen molar-refractivity contribution in [1.29, 1.82) is 0 Å². The second-order valence-electron chi connectivity index (χ2n) is 5.05. The maximum absolute atomic E-state index is 12.9. The van der Waals surface area contributed by atoms with Crippen LogP contribution in [0.5, 0.6) is 0 Å². The number of carbonyl (C=O) groups is 2. The second-order valence-corrected chi connectivity index (χ2v) is 5.91. The van der Waals surface area contributed by atoms with E-state index in [9.17, 15) is 18.4 Å². The number of ketones is 1. The van der Waals surface area contributed by atoms with Crippen LogP contribution >= 0.6 is 11.3 Å². The van der Waals surface area contributed by atoms with Gasteiger partial charge in [0.25, 0.3) is 0 Å². The minimum Gasteiger partial charge on any atom is -0.453 e. The van der Waals surface area contributed by atoms with E-state index in [0.717, 1.165) is 12.1 Å². The number of rotatable bonds is 5. The number of Topliss-reactive ketones (excluding diaryl/α,β-unsaturated/α-hetero) is 1. The van der Waals surface area contributed by atoms with Crippen LogP contribution in [0, 0.1) is 11.6 Å². The number of esters is 1. The number of thiazole rings is 1. The number of aromatic nitrogens is 1. The molecule has 0 saturated carbocycles. The zero-order valence-electron chi connectivity index (χ0n) is 12.7. The molecular formula is C18H11F2NO3S. The number of nitrogens with zero attached hydrogens (tertiary/aromatic N) is 1. The summed E-state index contributed by atoms with van der Waals surface area (Å²) in [5.41, 5.74) is 0.989. The molecular weight excluding hydrogens is 348 g/mol. The summed E-state index contributed by atoms with van der Waals surface area (Å²) in [5.74, 6) is -1.99. The van der Waals surface area contributed by atoms with Crippen LogP contribution in [0.2, 0.25) is 0 Å². The Balaban J connectivity index is 1.63. The highest BCUT2D eigenvalue weighted by atomic mass is 32.1. The quantitative estimate of drug-likeness (QED) is 0.508. The molecule has 4 nitrogen and oxygen atoms in total. The summed E-state index contributed by atoms with van der Waals surface area (Å²) in [4.78, 5) is 28.0. The van der Waals surface area contributed by atoms with Crippen molar-refractivity contribution >= 4 is 23.1 Å². The molecule has 0 aliphatic heterocycles. The zero-order chi connectivity index (χ0) is 17.8. The minimum absolute atomic E-state index is 0.0660. The molecule has 25 heavy (non-hydrogen) atoms. The van der Waals surface area contributed by atoms with E-state index in [1.54, 1.807) is 12.1 Å². The van der Waals surface area contributed by atoms with Gasteiger partial charge in [-0.1, -0.05) is 0 Å². The van der Waals surface area contributed by atoms with Crippen molar-refractivity contribution in [3.63, 3.8) is 0 Å². The molecule has 0 spiro atoms. The molecule has 1 heterocycles. The first kappa shape index (κ1) is 16.9. The standard InChI is InChI=1S/C18H11F2NO3S/c19-13-5-1-11(2-6-13)16(22)9-24-18(23)15-10-25-17(21-15)12-3-7-14(20)8-4-12/h1-8,10H,9H2. The molecule has 0 amide bonds. The normalized spacial score (nSPS) is 10.5. The van der Waals surface area contributed by atoms with Gasteiger partial charge in [0.2, 0.25) is 0 Å². The third-order valence-corrected chi connectivity index (χ3v) is 4.20. The molecule has 0 radical (unpaired) electrons. The first-order valence-electron chi connectivity index (χ1n) is 7.20. The monoisotopic (exact) mass is 359 g/mol. The van der Waals surface area contributed by atoms with E-state index in [1.807, 2.05) is 0 Å². The Hall–Kier alpha value is -2.93. The molecule has 3 aromatic rings. The predicted molar refractivity (Wildman–Crippen MR) is 88.5 cm³/mol. The predicted octanol–water partition coefficient (Wildman–Crippen LogP) is 4.13. The van der Waals surface area contributed by atoms with Gasteiger partial charge in [0, 0.05) is 16.5 Å². The fraction of sp³-hybridized carbons (Fsp3) is 0.0556. The van der Waals surface area contributed by atoms with Gasteiger partial charge in [0.15, 0.2) is 18.1 Å². The Bertz CT molecular complexity index is 905. The van der Waals surface area contributed by atoms with Crippen molar-refractivity contribution in [3.05, 3.63) is 76.8 Å². The molecule has 0 fully saturated rings. The maximum Gasteiger partial charge on any atom is 0.358 e. The lowest BCUT2D eigenvalue weighted by atomic mass is 10.1. The van der Waals surface area contributed by atoms with Crippen molar-refractivity contribution in [1.82, 2.24) is 4.98 Å². The van der Waals surface area contributed by atoms with Crippen LogP contribution in [0.25, 0.3) is 10.6 Å². The van der Waals surface area contributed by atoms with Crippen molar-refractivity contribution in [2.75, 3.05) is 6.61 Å². The Morgan fingerprint density at radius 1 is 0.960 bits per heavy atom. The maximum atomic E-state index is 12.9. The highest BCUT2D eigenvalue weighted by molar-refractivity contribution is 7.13. The van der Waals surface area contributed by atoms with Crippen molar-refractivity contribution < 1.29 is 23.1 Å². The molecule has 0 atom stereocenters. The third kappa shape index (κ3) is 4.13. The smallest absolute Gasteiger partial charge is 0.358 e. The number of carbonyl (C=O) groups excluding carboxylic acids is 2. The van der Waals surface area contributed by atoms with Gasteiger partial charge >= 0.3 is 5.97 Å². The highest BCUT2D eigenvalue weighted by Gasteiger charge is 2.15. The lowest BCUT2D eigenvalue weighted by Gasteiger charge is -2.02. The van der Waals surface area contributed by atoms with Crippen molar-refractivity contribution in [2.45, 2.75) is 0 Å². The van der Waals surface area contributed by atoms with Gasteiger partial charge in [-0.05, 0) is 48.5 Å². The lowest BCUT2D eigenvalue weighted by molar-refractivity contribution is 0.0470. The Morgan fingerprint density at radius 3 is 2.20 bits per heavy atom. The van der Waals surface area contributed by atoms with Crippen molar-refractivity contribution in [3.8, 4) is 10.6 Å². The fourth-order valence-electron chi connectivity index (χ4n) is 2.02. The van der Waals surface area contributed by atoms with Gasteiger partial charge in [-0.25, -0.2) is 18.6 Å². The van der Waals surface area contributed by atoms with Crippen molar-refractivity contribution in [2.24, 2.45) is 0 Å². The molecule has 7 heteroatoms. The summed E-state index contributed by atoms with van der Waals surface area (Å²) in [5, 5.41) is 2.04. The van der Waals surface area contributed by atoms with E-state index in [-0.39, 0.29) is 17.1 Å². The van der Waals surface area contributed by atoms with Gasteiger partial charge < -0.3 is 4.74 Å². The van der Waals surface area contributed by atoms with Crippen LogP contribution in [0.3, 0.4) is 0 Å². The Morgan fingerprint density at radius 2 is 1.56 bits per heavy atom. The van der Waals surface area contributed by atoms with Crippen LogP contribution in [0.1, 0.15) is 20.8 Å². The SMILES string of the molecule is O=C(COC(=O)c1csc(-c2ccc(F)cc2)n1)c1ccc(F)cc1. The number of benzene rings is 2. The number of hydrogen-bond donors (Lipinski definition) is 0. The summed E-state index contributed by atoms with van der Waals surface area (Å²) in [6, 6.07) is 10.7. The van der Waals surface area contributed by atoms with E-state index >= 15 is 0 Å². The summed E-state index contributed by atoms with van der Waals surface area (Å²) in [6.07, 6.45) is 0. The summed E-state index contributed by atoms with van der Waals surface area (Å²) < 4.78 is 30.7. The molecule has 0 bridgehead atoms. The molecule has 0 saturated heterocycles. The molecule has 0 aliphatic rings. The topological polar surface area (TPSA) is 56.3 Å². The number of ether oxygens (including phenoxy) is 1. The zero-order valence-corrected chi connectivity index (χ0v) is 13.6. The van der Waals surface area contributed by atoms with Crippen LogP contribution in [0.15, 0.2) is 53.9 Å². The average molecular weight is 359 g/mol. The molecule has 0 N–H and O–H groups in total. The van der Waals surface area contributed by atoms with E-state index in [0.29, 0.717) is 10.6 Å². The molecule has 0 unspecified atom stereocenters. The van der Waals surface area contributed by atoms with Crippen LogP contribution < -0.4 is 0 Å². The number of halogens is 2. The molecule has 2 aromatic carbocycles. The van der Waals surface area contributed by atoms with E-state index in [2.05, 4.69) is 4.98 Å². The van der Waals surface area contributed by atoms with Gasteiger partial charge in [-0.2, -0.15) is 0 Å². The molecule has 3 rings (SSSR count). The summed E-state index contributed by atoms with van der Waals surface area (Å²) in [6.45, 7) is -0.464. The van der Waals surface area contributed by atoms with E-state index in [4.69, 9.17) is 4.74 Å². The fourth-order valence-corrected chi connectivity index (χ4v) is 2.81. The average Bonchev–Trinajstić information content (AvgIpc) is 3.11. The van der Waals surface area contributed by atoms with Crippen LogP contribution in [0.4, 0.5) is 8.78 Å². The molecule has 0 aliphatic carbocycles. The van der Waals surface area contributed by atoms with Crippen LogP contribution in [-0.4, -0.2) is 23.3 Å². The first-order valence-corrected chi connectivity index (χ1v) is 8.08. The van der Waals surface area contributed by atoms with Gasteiger partial charge in [-0.3, -0.25) is 4.79 Å². The largest absolute Gasteiger partial charge is 0.453 e. The third-order valence-electron chi connectivity index (χ3n) is 3.31. The summed E-state index contributed by atoms with van der Waals surface area (Å²) >= 11 is 1.21. The first-order chi connectivity index (χ1) is 12.0. The number of hydrogen-bond acceptors (Lipinski definition) is 5. The molecule has 126 valence electrons. The van der Waals surface area contributed by atoms with E-state index in [1.165, 1.54) is 41.0 Å². The highest BCUT2D eigenvalue weighted by Crippen LogP contribution is 2.24. The van der Waals surface area contributed by atoms with Crippen LogP contribution in [-0.2, 0) is 4.74 Å². The van der Waals surface area contributed by atoms with Gasteiger partial charge in [0.1, 0.15) is 16.6 Å². The van der Waals surface area contributed by atoms with E-state index < -0.39 is 24.2 Å². The Kier molecular flexibility index (Phi) is 4.95. The lowest BCUT2D eigenvalue weighted by Crippen LogP contribution is -2.14. The second kappa shape index (κ2) is 7.31. The van der Waals surface area contributed by atoms with Gasteiger partial charge in [0.05, 0.1) is 0 Å². The van der Waals surface area contributed by atoms with Gasteiger partial charge in [-0.15, -0.1) is 11.3 Å². The Labute approximate surface area is 145 Å². The minimum atomic E-state index is -0.736. The summed E-state index contributed by atoms with van der Waals surface area (Å²) in [7, 11) is 0.